The second-order valence-electron chi connectivity index (χ2n) is 4.81. The maximum Gasteiger partial charge on any atom is 0.315 e. The predicted octanol–water partition coefficient (Wildman–Crippen LogP) is 2.66. The Morgan fingerprint density at radius 1 is 1.33 bits per heavy atom. The minimum absolute atomic E-state index is 0.0411. The van der Waals surface area contributed by atoms with Gasteiger partial charge in [0.25, 0.3) is 0 Å². The van der Waals surface area contributed by atoms with Gasteiger partial charge in [-0.3, -0.25) is 4.79 Å². The van der Waals surface area contributed by atoms with Gasteiger partial charge in [0.2, 0.25) is 0 Å². The van der Waals surface area contributed by atoms with Gasteiger partial charge in [-0.25, -0.2) is 4.79 Å². The maximum atomic E-state index is 11.7. The van der Waals surface area contributed by atoms with Crippen LogP contribution in [0.25, 0.3) is 11.0 Å². The number of rotatable bonds is 6. The molecule has 0 radical (unpaired) electrons. The molecular formula is C15H18N2O4. The standard InChI is InChI=1S/C15H18N2O4/c1-10(17-15(20)16-8-4-7-14(18)19)13-9-11-5-2-3-6-12(11)21-13/h2-3,5-6,9-10H,4,7-8H2,1H3,(H,18,19)(H2,16,17,20). The Hall–Kier alpha value is -2.50. The number of hydrogen-bond acceptors (Lipinski definition) is 3. The number of para-hydroxylation sites is 1. The summed E-state index contributed by atoms with van der Waals surface area (Å²) in [5.74, 6) is -0.190. The van der Waals surface area contributed by atoms with Gasteiger partial charge in [0.15, 0.2) is 0 Å². The van der Waals surface area contributed by atoms with Crippen molar-refractivity contribution in [3.63, 3.8) is 0 Å². The molecular weight excluding hydrogens is 272 g/mol. The lowest BCUT2D eigenvalue weighted by Crippen LogP contribution is -2.37. The van der Waals surface area contributed by atoms with Gasteiger partial charge in [0.05, 0.1) is 6.04 Å². The second kappa shape index (κ2) is 6.78. The first-order chi connectivity index (χ1) is 10.1. The largest absolute Gasteiger partial charge is 0.481 e. The van der Waals surface area contributed by atoms with Crippen LogP contribution in [-0.4, -0.2) is 23.7 Å². The van der Waals surface area contributed by atoms with E-state index < -0.39 is 5.97 Å². The van der Waals surface area contributed by atoms with Crippen molar-refractivity contribution in [2.75, 3.05) is 6.54 Å². The molecule has 112 valence electrons. The summed E-state index contributed by atoms with van der Waals surface area (Å²) in [5, 5.41) is 14.9. The van der Waals surface area contributed by atoms with Crippen molar-refractivity contribution in [1.29, 1.82) is 0 Å². The van der Waals surface area contributed by atoms with Gasteiger partial charge >= 0.3 is 12.0 Å². The fourth-order valence-corrected chi connectivity index (χ4v) is 1.98. The summed E-state index contributed by atoms with van der Waals surface area (Å²) in [4.78, 5) is 22.0. The lowest BCUT2D eigenvalue weighted by Gasteiger charge is -2.12. The van der Waals surface area contributed by atoms with E-state index in [0.29, 0.717) is 18.7 Å². The van der Waals surface area contributed by atoms with Gasteiger partial charge < -0.3 is 20.2 Å². The Labute approximate surface area is 122 Å². The van der Waals surface area contributed by atoms with Crippen LogP contribution in [0.1, 0.15) is 31.6 Å². The first kappa shape index (κ1) is 14.9. The smallest absolute Gasteiger partial charge is 0.315 e. The number of carboxylic acid groups (broad SMARTS) is 1. The van der Waals surface area contributed by atoms with E-state index in [9.17, 15) is 9.59 Å². The number of carbonyl (C=O) groups excluding carboxylic acids is 1. The molecule has 3 N–H and O–H groups in total. The average molecular weight is 290 g/mol. The third kappa shape index (κ3) is 4.24. The van der Waals surface area contributed by atoms with Crippen LogP contribution in [0, 0.1) is 0 Å². The van der Waals surface area contributed by atoms with Crippen LogP contribution in [-0.2, 0) is 4.79 Å². The molecule has 0 fully saturated rings. The molecule has 0 aliphatic rings. The molecule has 1 atom stereocenters. The third-order valence-electron chi connectivity index (χ3n) is 3.07. The fraction of sp³-hybridized carbons (Fsp3) is 0.333. The number of fused-ring (bicyclic) bond motifs is 1. The van der Waals surface area contributed by atoms with Crippen molar-refractivity contribution in [2.45, 2.75) is 25.8 Å². The SMILES string of the molecule is CC(NC(=O)NCCCC(=O)O)c1cc2ccccc2o1. The molecule has 1 aromatic carbocycles. The van der Waals surface area contributed by atoms with Crippen molar-refractivity contribution >= 4 is 23.0 Å². The molecule has 0 saturated heterocycles. The molecule has 1 heterocycles. The van der Waals surface area contributed by atoms with Gasteiger partial charge in [-0.05, 0) is 25.5 Å². The van der Waals surface area contributed by atoms with Crippen molar-refractivity contribution in [3.8, 4) is 0 Å². The number of furan rings is 1. The Morgan fingerprint density at radius 3 is 2.81 bits per heavy atom. The van der Waals surface area contributed by atoms with Crippen LogP contribution in [0.4, 0.5) is 4.79 Å². The Morgan fingerprint density at radius 2 is 2.10 bits per heavy atom. The highest BCUT2D eigenvalue weighted by molar-refractivity contribution is 5.78. The van der Waals surface area contributed by atoms with Gasteiger partial charge in [-0.15, -0.1) is 0 Å². The van der Waals surface area contributed by atoms with Crippen LogP contribution >= 0.6 is 0 Å². The summed E-state index contributed by atoms with van der Waals surface area (Å²) < 4.78 is 5.67. The van der Waals surface area contributed by atoms with Gasteiger partial charge in [-0.2, -0.15) is 0 Å². The van der Waals surface area contributed by atoms with E-state index in [1.54, 1.807) is 0 Å². The highest BCUT2D eigenvalue weighted by Crippen LogP contribution is 2.23. The zero-order chi connectivity index (χ0) is 15.2. The number of amides is 2. The van der Waals surface area contributed by atoms with Crippen molar-refractivity contribution in [3.05, 3.63) is 36.1 Å². The van der Waals surface area contributed by atoms with Crippen molar-refractivity contribution in [2.24, 2.45) is 0 Å². The summed E-state index contributed by atoms with van der Waals surface area (Å²) in [7, 11) is 0. The van der Waals surface area contributed by atoms with E-state index in [1.165, 1.54) is 0 Å². The van der Waals surface area contributed by atoms with Crippen LogP contribution in [0.3, 0.4) is 0 Å². The first-order valence-corrected chi connectivity index (χ1v) is 6.81. The average Bonchev–Trinajstić information content (AvgIpc) is 2.87. The minimum atomic E-state index is -0.868. The van der Waals surface area contributed by atoms with E-state index in [0.717, 1.165) is 11.0 Å². The van der Waals surface area contributed by atoms with Gasteiger partial charge in [-0.1, -0.05) is 18.2 Å². The third-order valence-corrected chi connectivity index (χ3v) is 3.07. The molecule has 0 aliphatic carbocycles. The number of hydrogen-bond donors (Lipinski definition) is 3. The number of carbonyl (C=O) groups is 2. The number of carboxylic acids is 1. The molecule has 1 unspecified atom stereocenters. The maximum absolute atomic E-state index is 11.7. The van der Waals surface area contributed by atoms with Gasteiger partial charge in [0.1, 0.15) is 11.3 Å². The molecule has 0 aliphatic heterocycles. The lowest BCUT2D eigenvalue weighted by molar-refractivity contribution is -0.137. The van der Waals surface area contributed by atoms with Crippen LogP contribution in [0.15, 0.2) is 34.7 Å². The Kier molecular flexibility index (Phi) is 4.81. The van der Waals surface area contributed by atoms with E-state index in [2.05, 4.69) is 10.6 Å². The summed E-state index contributed by atoms with van der Waals surface area (Å²) in [6.07, 6.45) is 0.446. The molecule has 21 heavy (non-hydrogen) atoms. The summed E-state index contributed by atoms with van der Waals surface area (Å²) in [6.45, 7) is 2.15. The quantitative estimate of drug-likeness (QED) is 0.713. The topological polar surface area (TPSA) is 91.6 Å². The number of aliphatic carboxylic acids is 1. The highest BCUT2D eigenvalue weighted by Gasteiger charge is 2.13. The predicted molar refractivity (Wildman–Crippen MR) is 78.0 cm³/mol. The zero-order valence-electron chi connectivity index (χ0n) is 11.8. The molecule has 2 amide bonds. The Bertz CT molecular complexity index is 602. The summed E-state index contributed by atoms with van der Waals surface area (Å²) in [6, 6.07) is 8.92. The Balaban J connectivity index is 1.84. The molecule has 0 saturated carbocycles. The molecule has 0 bridgehead atoms. The monoisotopic (exact) mass is 290 g/mol. The lowest BCUT2D eigenvalue weighted by atomic mass is 10.2. The van der Waals surface area contributed by atoms with Crippen LogP contribution in [0.5, 0.6) is 0 Å². The van der Waals surface area contributed by atoms with Crippen molar-refractivity contribution in [1.82, 2.24) is 10.6 Å². The molecule has 0 spiro atoms. The molecule has 2 rings (SSSR count). The van der Waals surface area contributed by atoms with E-state index >= 15 is 0 Å². The summed E-state index contributed by atoms with van der Waals surface area (Å²) >= 11 is 0. The molecule has 6 nitrogen and oxygen atoms in total. The second-order valence-corrected chi connectivity index (χ2v) is 4.81. The number of urea groups is 1. The minimum Gasteiger partial charge on any atom is -0.481 e. The highest BCUT2D eigenvalue weighted by atomic mass is 16.4. The number of nitrogens with one attached hydrogen (secondary N) is 2. The molecule has 2 aromatic rings. The van der Waals surface area contributed by atoms with Gasteiger partial charge in [0, 0.05) is 18.4 Å². The normalized spacial score (nSPS) is 12.0. The molecule has 1 aromatic heterocycles. The van der Waals surface area contributed by atoms with Crippen LogP contribution in [0.2, 0.25) is 0 Å². The first-order valence-electron chi connectivity index (χ1n) is 6.81. The number of benzene rings is 1. The fourth-order valence-electron chi connectivity index (χ4n) is 1.98. The van der Waals surface area contributed by atoms with Crippen molar-refractivity contribution < 1.29 is 19.1 Å². The van der Waals surface area contributed by atoms with E-state index in [-0.39, 0.29) is 18.5 Å². The van der Waals surface area contributed by atoms with Crippen LogP contribution < -0.4 is 10.6 Å². The van der Waals surface area contributed by atoms with E-state index in [1.807, 2.05) is 37.3 Å². The molecule has 6 heteroatoms. The summed E-state index contributed by atoms with van der Waals surface area (Å²) in [5.41, 5.74) is 0.781. The zero-order valence-corrected chi connectivity index (χ0v) is 11.8. The van der Waals surface area contributed by atoms with E-state index in [4.69, 9.17) is 9.52 Å².